The third-order valence-corrected chi connectivity index (χ3v) is 4.38. The molecule has 0 bridgehead atoms. The molecule has 1 aromatic heterocycles. The zero-order chi connectivity index (χ0) is 20.3. The van der Waals surface area contributed by atoms with Gasteiger partial charge in [0.1, 0.15) is 20.1 Å². The number of amides is 1. The van der Waals surface area contributed by atoms with Crippen molar-refractivity contribution in [1.29, 1.82) is 0 Å². The predicted molar refractivity (Wildman–Crippen MR) is 112 cm³/mol. The largest absolute Gasteiger partial charge is 0.461 e. The average molecular weight is 396 g/mol. The number of likely N-dealkylation sites (N-methyl/N-ethyl adjacent to an activating group) is 1. The Morgan fingerprint density at radius 3 is 2.57 bits per heavy atom. The Balaban J connectivity index is 1.94. The number of esters is 1. The molecule has 0 fully saturated rings. The van der Waals surface area contributed by atoms with E-state index in [2.05, 4.69) is 10.3 Å². The fourth-order valence-electron chi connectivity index (χ4n) is 2.72. The van der Waals surface area contributed by atoms with Crippen molar-refractivity contribution in [3.8, 4) is 0 Å². The summed E-state index contributed by atoms with van der Waals surface area (Å²) >= 11 is 5.88. The summed E-state index contributed by atoms with van der Waals surface area (Å²) in [5.41, 5.74) is 1.96. The maximum absolute atomic E-state index is 12.8. The van der Waals surface area contributed by atoms with Gasteiger partial charge in [-0.3, -0.25) is 4.79 Å². The van der Waals surface area contributed by atoms with Crippen molar-refractivity contribution in [1.82, 2.24) is 9.88 Å². The standard InChI is InChI=1S/C20H19BClN3O3/c1-25(2)9-10-28-20(27)17-15-8-3-12(21)11-16(15)24-18(17)19(26)23-14-6-4-13(22)5-7-14/h3-8,11,24H,9-10H2,1-2H3,(H,23,26). The maximum atomic E-state index is 12.8. The first kappa shape index (κ1) is 20.0. The number of carbonyl (C=O) groups is 2. The van der Waals surface area contributed by atoms with E-state index >= 15 is 0 Å². The van der Waals surface area contributed by atoms with Gasteiger partial charge in [-0.1, -0.05) is 29.2 Å². The van der Waals surface area contributed by atoms with E-state index in [1.54, 1.807) is 42.5 Å². The fourth-order valence-corrected chi connectivity index (χ4v) is 2.84. The van der Waals surface area contributed by atoms with Crippen LogP contribution < -0.4 is 10.8 Å². The number of hydrogen-bond donors (Lipinski definition) is 2. The molecule has 1 amide bonds. The Kier molecular flexibility index (Phi) is 6.07. The molecule has 0 spiro atoms. The van der Waals surface area contributed by atoms with Crippen molar-refractivity contribution >= 4 is 53.4 Å². The Labute approximate surface area is 169 Å². The summed E-state index contributed by atoms with van der Waals surface area (Å²) in [6, 6.07) is 11.7. The van der Waals surface area contributed by atoms with Crippen LogP contribution >= 0.6 is 11.6 Å². The number of fused-ring (bicyclic) bond motifs is 1. The van der Waals surface area contributed by atoms with Crippen molar-refractivity contribution < 1.29 is 14.3 Å². The van der Waals surface area contributed by atoms with Crippen LogP contribution in [-0.4, -0.2) is 56.9 Å². The lowest BCUT2D eigenvalue weighted by molar-refractivity contribution is 0.0481. The number of carbonyl (C=O) groups excluding carboxylic acids is 2. The number of benzene rings is 2. The van der Waals surface area contributed by atoms with E-state index in [9.17, 15) is 9.59 Å². The highest BCUT2D eigenvalue weighted by molar-refractivity contribution is 6.33. The van der Waals surface area contributed by atoms with Crippen molar-refractivity contribution in [3.63, 3.8) is 0 Å². The van der Waals surface area contributed by atoms with Crippen LogP contribution in [-0.2, 0) is 4.74 Å². The van der Waals surface area contributed by atoms with Crippen molar-refractivity contribution in [2.24, 2.45) is 0 Å². The van der Waals surface area contributed by atoms with Gasteiger partial charge < -0.3 is 19.9 Å². The lowest BCUT2D eigenvalue weighted by atomic mass is 9.95. The van der Waals surface area contributed by atoms with Crippen LogP contribution in [0.4, 0.5) is 5.69 Å². The van der Waals surface area contributed by atoms with E-state index in [1.165, 1.54) is 0 Å². The summed E-state index contributed by atoms with van der Waals surface area (Å²) in [5, 5.41) is 3.89. The van der Waals surface area contributed by atoms with Crippen LogP contribution in [0.2, 0.25) is 5.02 Å². The van der Waals surface area contributed by atoms with E-state index in [0.717, 1.165) is 0 Å². The SMILES string of the molecule is [B]c1ccc2c(C(=O)OCCN(C)C)c(C(=O)Nc3ccc(Cl)cc3)[nH]c2c1. The second-order valence-corrected chi connectivity index (χ2v) is 7.02. The van der Waals surface area contributed by atoms with Gasteiger partial charge in [0.05, 0.1) is 5.56 Å². The molecule has 0 aliphatic carbocycles. The number of ether oxygens (including phenoxy) is 1. The normalized spacial score (nSPS) is 11.0. The zero-order valence-electron chi connectivity index (χ0n) is 15.6. The Morgan fingerprint density at radius 1 is 1.18 bits per heavy atom. The first-order valence-electron chi connectivity index (χ1n) is 8.65. The van der Waals surface area contributed by atoms with Crippen LogP contribution in [0.5, 0.6) is 0 Å². The summed E-state index contributed by atoms with van der Waals surface area (Å²) in [7, 11) is 9.60. The second kappa shape index (κ2) is 8.50. The molecule has 2 radical (unpaired) electrons. The summed E-state index contributed by atoms with van der Waals surface area (Å²) < 4.78 is 5.36. The first-order valence-corrected chi connectivity index (χ1v) is 9.03. The van der Waals surface area contributed by atoms with Crippen LogP contribution in [0.25, 0.3) is 10.9 Å². The van der Waals surface area contributed by atoms with Crippen LogP contribution in [0.1, 0.15) is 20.8 Å². The van der Waals surface area contributed by atoms with Gasteiger partial charge in [0, 0.05) is 28.2 Å². The minimum atomic E-state index is -0.570. The molecular formula is C20H19BClN3O3. The second-order valence-electron chi connectivity index (χ2n) is 6.58. The molecule has 2 N–H and O–H groups in total. The molecule has 0 atom stereocenters. The van der Waals surface area contributed by atoms with Crippen LogP contribution in [0.15, 0.2) is 42.5 Å². The molecule has 3 aromatic rings. The zero-order valence-corrected chi connectivity index (χ0v) is 16.3. The van der Waals surface area contributed by atoms with Crippen molar-refractivity contribution in [3.05, 3.63) is 58.7 Å². The minimum absolute atomic E-state index is 0.116. The number of nitrogens with one attached hydrogen (secondary N) is 2. The number of aromatic amines is 1. The predicted octanol–water partition coefficient (Wildman–Crippen LogP) is 2.59. The van der Waals surface area contributed by atoms with Crippen LogP contribution in [0.3, 0.4) is 0 Å². The van der Waals surface area contributed by atoms with E-state index in [-0.39, 0.29) is 17.9 Å². The summed E-state index contributed by atoms with van der Waals surface area (Å²) in [6.07, 6.45) is 0. The van der Waals surface area contributed by atoms with E-state index in [1.807, 2.05) is 19.0 Å². The van der Waals surface area contributed by atoms with Gasteiger partial charge in [0.15, 0.2) is 0 Å². The van der Waals surface area contributed by atoms with E-state index in [0.29, 0.717) is 33.6 Å². The third kappa shape index (κ3) is 4.55. The third-order valence-electron chi connectivity index (χ3n) is 4.13. The molecule has 1 heterocycles. The number of nitrogens with zero attached hydrogens (tertiary/aromatic N) is 1. The molecule has 28 heavy (non-hydrogen) atoms. The number of H-pyrrole nitrogens is 1. The quantitative estimate of drug-likeness (QED) is 0.497. The lowest BCUT2D eigenvalue weighted by Gasteiger charge is -2.11. The number of halogens is 1. The highest BCUT2D eigenvalue weighted by atomic mass is 35.5. The van der Waals surface area contributed by atoms with Gasteiger partial charge in [0.25, 0.3) is 5.91 Å². The molecule has 8 heteroatoms. The Bertz CT molecular complexity index is 1020. The fraction of sp³-hybridized carbons (Fsp3) is 0.200. The van der Waals surface area contributed by atoms with Gasteiger partial charge in [-0.25, -0.2) is 4.79 Å². The van der Waals surface area contributed by atoms with Crippen molar-refractivity contribution in [2.75, 3.05) is 32.6 Å². The summed E-state index contributed by atoms with van der Waals surface area (Å²) in [4.78, 5) is 30.4. The number of aromatic nitrogens is 1. The number of anilines is 1. The number of hydrogen-bond acceptors (Lipinski definition) is 4. The molecule has 6 nitrogen and oxygen atoms in total. The highest BCUT2D eigenvalue weighted by Gasteiger charge is 2.24. The maximum Gasteiger partial charge on any atom is 0.341 e. The smallest absolute Gasteiger partial charge is 0.341 e. The molecule has 0 aliphatic rings. The summed E-state index contributed by atoms with van der Waals surface area (Å²) in [6.45, 7) is 0.791. The molecule has 0 unspecified atom stereocenters. The first-order chi connectivity index (χ1) is 13.3. The molecule has 0 saturated carbocycles. The molecule has 0 saturated heterocycles. The number of rotatable bonds is 6. The van der Waals surface area contributed by atoms with Gasteiger partial charge in [-0.2, -0.15) is 0 Å². The molecule has 142 valence electrons. The van der Waals surface area contributed by atoms with E-state index in [4.69, 9.17) is 24.2 Å². The Morgan fingerprint density at radius 2 is 1.89 bits per heavy atom. The van der Waals surface area contributed by atoms with Crippen LogP contribution in [0, 0.1) is 0 Å². The van der Waals surface area contributed by atoms with Gasteiger partial charge in [0.2, 0.25) is 0 Å². The van der Waals surface area contributed by atoms with Gasteiger partial charge >= 0.3 is 5.97 Å². The van der Waals surface area contributed by atoms with E-state index < -0.39 is 11.9 Å². The van der Waals surface area contributed by atoms with Crippen molar-refractivity contribution in [2.45, 2.75) is 0 Å². The molecule has 0 aliphatic heterocycles. The molecule has 2 aromatic carbocycles. The average Bonchev–Trinajstić information content (AvgIpc) is 3.02. The molecule has 3 rings (SSSR count). The minimum Gasteiger partial charge on any atom is -0.461 e. The lowest BCUT2D eigenvalue weighted by Crippen LogP contribution is -2.22. The molecular weight excluding hydrogens is 377 g/mol. The summed E-state index contributed by atoms with van der Waals surface area (Å²) in [5.74, 6) is -1.03. The monoisotopic (exact) mass is 395 g/mol. The van der Waals surface area contributed by atoms with Gasteiger partial charge in [-0.05, 0) is 44.4 Å². The highest BCUT2D eigenvalue weighted by Crippen LogP contribution is 2.24. The Hall–Kier alpha value is -2.77. The van der Waals surface area contributed by atoms with Gasteiger partial charge in [-0.15, -0.1) is 0 Å². The topological polar surface area (TPSA) is 74.4 Å².